The van der Waals surface area contributed by atoms with Gasteiger partial charge in [-0.05, 0) is 37.4 Å². The van der Waals surface area contributed by atoms with Crippen LogP contribution in [0.2, 0.25) is 0 Å². The molecule has 0 aliphatic rings. The Hall–Kier alpha value is -2.57. The molecule has 0 unspecified atom stereocenters. The van der Waals surface area contributed by atoms with Crippen molar-refractivity contribution < 1.29 is 9.30 Å². The van der Waals surface area contributed by atoms with E-state index in [0.29, 0.717) is 0 Å². The molecule has 0 N–H and O–H groups in total. The van der Waals surface area contributed by atoms with Crippen LogP contribution in [0.5, 0.6) is 5.75 Å². The van der Waals surface area contributed by atoms with Crippen molar-refractivity contribution >= 4 is 23.8 Å². The van der Waals surface area contributed by atoms with Crippen molar-refractivity contribution in [2.24, 2.45) is 0 Å². The van der Waals surface area contributed by atoms with E-state index in [0.717, 1.165) is 33.0 Å². The predicted molar refractivity (Wildman–Crippen MR) is 111 cm³/mol. The van der Waals surface area contributed by atoms with Crippen LogP contribution in [-0.4, -0.2) is 7.11 Å². The molecule has 0 fully saturated rings. The van der Waals surface area contributed by atoms with E-state index in [9.17, 15) is 4.57 Å². The Morgan fingerprint density at radius 1 is 0.731 bits per heavy atom. The van der Waals surface area contributed by atoms with E-state index in [1.54, 1.807) is 7.11 Å². The summed E-state index contributed by atoms with van der Waals surface area (Å²) in [6.45, 7) is 4.07. The van der Waals surface area contributed by atoms with Gasteiger partial charge in [0.2, 0.25) is 0 Å². The van der Waals surface area contributed by atoms with Crippen LogP contribution in [0.15, 0.2) is 78.6 Å². The van der Waals surface area contributed by atoms with Crippen molar-refractivity contribution in [3.8, 4) is 5.75 Å². The summed E-state index contributed by atoms with van der Waals surface area (Å²) in [5, 5.41) is 1.69. The summed E-state index contributed by atoms with van der Waals surface area (Å²) in [7, 11) is -1.21. The molecular formula is C23H23O2P. The summed E-state index contributed by atoms with van der Waals surface area (Å²) in [5.74, 6) is 2.66. The van der Waals surface area contributed by atoms with E-state index >= 15 is 0 Å². The summed E-state index contributed by atoms with van der Waals surface area (Å²) in [4.78, 5) is 0. The zero-order valence-corrected chi connectivity index (χ0v) is 16.2. The molecule has 0 heterocycles. The lowest BCUT2D eigenvalue weighted by atomic mass is 10.2. The highest BCUT2D eigenvalue weighted by molar-refractivity contribution is 7.81. The molecule has 0 saturated heterocycles. The van der Waals surface area contributed by atoms with E-state index in [-0.39, 0.29) is 0 Å². The number of hydrogen-bond donors (Lipinski definition) is 0. The molecule has 0 atom stereocenters. The van der Waals surface area contributed by atoms with Gasteiger partial charge in [-0.1, -0.05) is 77.9 Å². The number of methoxy groups -OCH3 is 1. The van der Waals surface area contributed by atoms with Crippen molar-refractivity contribution in [3.05, 3.63) is 95.3 Å². The molecule has 26 heavy (non-hydrogen) atoms. The molecule has 3 heteroatoms. The highest BCUT2D eigenvalue weighted by Gasteiger charge is 2.24. The first-order chi connectivity index (χ1) is 12.5. The monoisotopic (exact) mass is 362 g/mol. The smallest absolute Gasteiger partial charge is 0.164 e. The van der Waals surface area contributed by atoms with E-state index in [1.807, 2.05) is 98.5 Å². The number of hydrogen-bond acceptors (Lipinski definition) is 2. The topological polar surface area (TPSA) is 26.3 Å². The molecule has 3 aromatic rings. The van der Waals surface area contributed by atoms with Crippen LogP contribution in [0.1, 0.15) is 16.7 Å². The Morgan fingerprint density at radius 2 is 1.19 bits per heavy atom. The molecule has 0 aliphatic carbocycles. The van der Waals surface area contributed by atoms with Gasteiger partial charge >= 0.3 is 0 Å². The van der Waals surface area contributed by atoms with Gasteiger partial charge in [-0.25, -0.2) is 0 Å². The van der Waals surface area contributed by atoms with E-state index in [1.165, 1.54) is 0 Å². The first-order valence-corrected chi connectivity index (χ1v) is 10.4. The molecule has 3 rings (SSSR count). The van der Waals surface area contributed by atoms with Crippen molar-refractivity contribution in [2.75, 3.05) is 7.11 Å². The fourth-order valence-electron chi connectivity index (χ4n) is 2.76. The SMILES string of the molecule is COc1ccc(/C=C/P(=O)(c2ccc(C)cc2)c2ccc(C)cc2)cc1. The van der Waals surface area contributed by atoms with Crippen LogP contribution in [0, 0.1) is 13.8 Å². The van der Waals surface area contributed by atoms with E-state index in [4.69, 9.17) is 4.74 Å². The molecule has 132 valence electrons. The van der Waals surface area contributed by atoms with Gasteiger partial charge in [0.25, 0.3) is 0 Å². The van der Waals surface area contributed by atoms with Crippen LogP contribution < -0.4 is 15.3 Å². The molecule has 0 bridgehead atoms. The first kappa shape index (κ1) is 18.2. The van der Waals surface area contributed by atoms with Crippen LogP contribution in [0.3, 0.4) is 0 Å². The van der Waals surface area contributed by atoms with Crippen LogP contribution in [0.25, 0.3) is 6.08 Å². The third-order valence-corrected chi connectivity index (χ3v) is 7.13. The molecule has 0 radical (unpaired) electrons. The number of rotatable bonds is 5. The Balaban J connectivity index is 2.04. The van der Waals surface area contributed by atoms with Crippen molar-refractivity contribution in [2.45, 2.75) is 13.8 Å². The standard InChI is InChI=1S/C23H23O2P/c1-18-4-12-22(13-5-18)26(24,23-14-6-19(2)7-15-23)17-16-20-8-10-21(25-3)11-9-20/h4-17H,1-3H3/b17-16+. The van der Waals surface area contributed by atoms with Crippen LogP contribution in [-0.2, 0) is 4.57 Å². The normalized spacial score (nSPS) is 11.7. The highest BCUT2D eigenvalue weighted by Crippen LogP contribution is 2.45. The molecule has 2 nitrogen and oxygen atoms in total. The van der Waals surface area contributed by atoms with Crippen molar-refractivity contribution in [1.29, 1.82) is 0 Å². The van der Waals surface area contributed by atoms with Gasteiger partial charge in [0.15, 0.2) is 7.14 Å². The largest absolute Gasteiger partial charge is 0.497 e. The highest BCUT2D eigenvalue weighted by atomic mass is 31.2. The lowest BCUT2D eigenvalue weighted by Gasteiger charge is -2.16. The Bertz CT molecular complexity index is 888. The number of aryl methyl sites for hydroxylation is 2. The maximum Gasteiger partial charge on any atom is 0.164 e. The lowest BCUT2D eigenvalue weighted by molar-refractivity contribution is 0.415. The number of benzene rings is 3. The zero-order valence-electron chi connectivity index (χ0n) is 15.3. The van der Waals surface area contributed by atoms with Crippen LogP contribution in [0.4, 0.5) is 0 Å². The fraction of sp³-hybridized carbons (Fsp3) is 0.130. The van der Waals surface area contributed by atoms with Gasteiger partial charge in [0, 0.05) is 10.6 Å². The Labute approximate surface area is 155 Å². The van der Waals surface area contributed by atoms with Crippen molar-refractivity contribution in [3.63, 3.8) is 0 Å². The number of ether oxygens (including phenoxy) is 1. The molecule has 0 aromatic heterocycles. The third kappa shape index (κ3) is 3.98. The minimum atomic E-state index is -2.86. The maximum absolute atomic E-state index is 14.0. The van der Waals surface area contributed by atoms with Gasteiger partial charge in [-0.15, -0.1) is 0 Å². The minimum Gasteiger partial charge on any atom is -0.497 e. The van der Waals surface area contributed by atoms with Crippen molar-refractivity contribution in [1.82, 2.24) is 0 Å². The molecule has 3 aromatic carbocycles. The fourth-order valence-corrected chi connectivity index (χ4v) is 4.97. The minimum absolute atomic E-state index is 0.808. The van der Waals surface area contributed by atoms with Gasteiger partial charge in [-0.3, -0.25) is 0 Å². The van der Waals surface area contributed by atoms with Crippen LogP contribution >= 0.6 is 7.14 Å². The first-order valence-electron chi connectivity index (χ1n) is 8.59. The van der Waals surface area contributed by atoms with Gasteiger partial charge < -0.3 is 9.30 Å². The summed E-state index contributed by atoms with van der Waals surface area (Å²) in [6, 6.07) is 23.6. The molecule has 0 aliphatic heterocycles. The lowest BCUT2D eigenvalue weighted by Crippen LogP contribution is -2.14. The second kappa shape index (κ2) is 7.76. The average Bonchev–Trinajstić information content (AvgIpc) is 2.67. The van der Waals surface area contributed by atoms with Gasteiger partial charge in [0.05, 0.1) is 7.11 Å². The quantitative estimate of drug-likeness (QED) is 0.576. The summed E-state index contributed by atoms with van der Waals surface area (Å²) in [6.07, 6.45) is 1.93. The van der Waals surface area contributed by atoms with E-state index in [2.05, 4.69) is 0 Å². The summed E-state index contributed by atoms with van der Waals surface area (Å²) >= 11 is 0. The summed E-state index contributed by atoms with van der Waals surface area (Å²) in [5.41, 5.74) is 3.30. The molecule has 0 spiro atoms. The Kier molecular flexibility index (Phi) is 5.44. The van der Waals surface area contributed by atoms with Gasteiger partial charge in [-0.2, -0.15) is 0 Å². The average molecular weight is 362 g/mol. The van der Waals surface area contributed by atoms with Gasteiger partial charge in [0.1, 0.15) is 5.75 Å². The second-order valence-corrected chi connectivity index (χ2v) is 9.06. The molecule has 0 amide bonds. The summed E-state index contributed by atoms with van der Waals surface area (Å²) < 4.78 is 19.2. The Morgan fingerprint density at radius 3 is 1.62 bits per heavy atom. The maximum atomic E-state index is 14.0. The van der Waals surface area contributed by atoms with E-state index < -0.39 is 7.14 Å². The zero-order chi connectivity index (χ0) is 18.6. The molecular weight excluding hydrogens is 339 g/mol. The predicted octanol–water partition coefficient (Wildman–Crippen LogP) is 5.30. The molecule has 0 saturated carbocycles. The third-order valence-electron chi connectivity index (χ3n) is 4.43. The second-order valence-electron chi connectivity index (χ2n) is 6.42.